The van der Waals surface area contributed by atoms with Gasteiger partial charge in [-0.1, -0.05) is 54.6 Å². The van der Waals surface area contributed by atoms with Gasteiger partial charge in [-0.05, 0) is 36.0 Å². The molecule has 0 spiro atoms. The maximum atomic E-state index is 13.1. The Bertz CT molecular complexity index is 1120. The van der Waals surface area contributed by atoms with Crippen molar-refractivity contribution in [2.75, 3.05) is 0 Å². The van der Waals surface area contributed by atoms with Crippen molar-refractivity contribution in [2.24, 2.45) is 17.8 Å². The number of benzene rings is 2. The molecule has 2 aliphatic carbocycles. The van der Waals surface area contributed by atoms with Crippen molar-refractivity contribution in [3.8, 4) is 0 Å². The van der Waals surface area contributed by atoms with Crippen LogP contribution in [-0.2, 0) is 11.3 Å². The fourth-order valence-corrected chi connectivity index (χ4v) is 4.72. The van der Waals surface area contributed by atoms with Gasteiger partial charge >= 0.3 is 0 Å². The highest BCUT2D eigenvalue weighted by molar-refractivity contribution is 5.82. The first-order chi connectivity index (χ1) is 13.7. The quantitative estimate of drug-likeness (QED) is 0.692. The van der Waals surface area contributed by atoms with Crippen LogP contribution in [0.15, 0.2) is 71.5 Å². The van der Waals surface area contributed by atoms with Gasteiger partial charge in [-0.3, -0.25) is 9.59 Å². The second-order valence-corrected chi connectivity index (χ2v) is 7.67. The number of hydrogen-bond acceptors (Lipinski definition) is 3. The summed E-state index contributed by atoms with van der Waals surface area (Å²) < 4.78 is 0. The van der Waals surface area contributed by atoms with Gasteiger partial charge in [0.05, 0.1) is 16.8 Å². The number of allylic oxidation sites excluding steroid dienone is 2. The molecule has 1 aromatic heterocycles. The molecule has 1 amide bonds. The average Bonchev–Trinajstić information content (AvgIpc) is 3.34. The average molecular weight is 371 g/mol. The van der Waals surface area contributed by atoms with Crippen LogP contribution in [-0.4, -0.2) is 15.9 Å². The van der Waals surface area contributed by atoms with Gasteiger partial charge in [0.25, 0.3) is 5.56 Å². The number of para-hydroxylation sites is 1. The van der Waals surface area contributed by atoms with Crippen LogP contribution < -0.4 is 10.9 Å². The van der Waals surface area contributed by atoms with Crippen LogP contribution in [0.25, 0.3) is 10.9 Å². The number of fused-ring (bicyclic) bond motifs is 3. The van der Waals surface area contributed by atoms with Gasteiger partial charge < -0.3 is 10.3 Å². The van der Waals surface area contributed by atoms with Crippen molar-refractivity contribution >= 4 is 16.8 Å². The van der Waals surface area contributed by atoms with Gasteiger partial charge in [-0.25, -0.2) is 4.98 Å². The first kappa shape index (κ1) is 16.9. The van der Waals surface area contributed by atoms with Crippen LogP contribution in [0.1, 0.15) is 23.7 Å². The summed E-state index contributed by atoms with van der Waals surface area (Å²) in [6.07, 6.45) is 5.25. The van der Waals surface area contributed by atoms with E-state index in [4.69, 9.17) is 4.98 Å². The fourth-order valence-electron chi connectivity index (χ4n) is 4.72. The summed E-state index contributed by atoms with van der Waals surface area (Å²) in [5.41, 5.74) is 1.61. The van der Waals surface area contributed by atoms with Crippen molar-refractivity contribution < 1.29 is 4.79 Å². The summed E-state index contributed by atoms with van der Waals surface area (Å²) in [7, 11) is 0. The Balaban J connectivity index is 1.45. The molecule has 1 saturated carbocycles. The molecule has 0 aliphatic heterocycles. The lowest BCUT2D eigenvalue weighted by Crippen LogP contribution is -2.37. The van der Waals surface area contributed by atoms with Gasteiger partial charge in [0.1, 0.15) is 5.82 Å². The standard InChI is InChI=1S/C23H21N3O2/c27-22-17-8-4-5-9-18(17)25-21(26-22)19-15-10-11-16(12-15)20(19)23(28)24-13-14-6-2-1-3-7-14/h1-11,15-16,19-20H,12-13H2,(H,24,28)(H,25,26,27)/t15-,16-,19-,20-/m0/s1. The number of aromatic amines is 1. The number of carbonyl (C=O) groups excluding carboxylic acids is 1. The minimum atomic E-state index is -0.206. The number of nitrogens with one attached hydrogen (secondary N) is 2. The minimum Gasteiger partial charge on any atom is -0.352 e. The third-order valence-electron chi connectivity index (χ3n) is 6.02. The van der Waals surface area contributed by atoms with Gasteiger partial charge in [0.15, 0.2) is 0 Å². The molecule has 2 bridgehead atoms. The molecule has 1 fully saturated rings. The number of carbonyl (C=O) groups is 1. The number of aromatic nitrogens is 2. The molecule has 1 heterocycles. The van der Waals surface area contributed by atoms with Gasteiger partial charge in [0.2, 0.25) is 5.91 Å². The first-order valence-corrected chi connectivity index (χ1v) is 9.69. The Morgan fingerprint density at radius 3 is 2.64 bits per heavy atom. The number of hydrogen-bond donors (Lipinski definition) is 2. The molecular weight excluding hydrogens is 350 g/mol. The van der Waals surface area contributed by atoms with Crippen molar-refractivity contribution in [2.45, 2.75) is 18.9 Å². The Morgan fingerprint density at radius 1 is 1.04 bits per heavy atom. The van der Waals surface area contributed by atoms with Crippen LogP contribution >= 0.6 is 0 Å². The predicted molar refractivity (Wildman–Crippen MR) is 108 cm³/mol. The highest BCUT2D eigenvalue weighted by atomic mass is 16.2. The second kappa shape index (κ2) is 6.75. The molecular formula is C23H21N3O2. The maximum Gasteiger partial charge on any atom is 0.258 e. The lowest BCUT2D eigenvalue weighted by molar-refractivity contribution is -0.126. The highest BCUT2D eigenvalue weighted by Crippen LogP contribution is 2.52. The van der Waals surface area contributed by atoms with Gasteiger partial charge in [-0.15, -0.1) is 0 Å². The van der Waals surface area contributed by atoms with E-state index in [2.05, 4.69) is 22.5 Å². The number of nitrogens with zero attached hydrogens (tertiary/aromatic N) is 1. The van der Waals surface area contributed by atoms with E-state index in [1.54, 1.807) is 6.07 Å². The molecule has 2 N–H and O–H groups in total. The molecule has 0 radical (unpaired) electrons. The lowest BCUT2D eigenvalue weighted by atomic mass is 9.81. The summed E-state index contributed by atoms with van der Waals surface area (Å²) >= 11 is 0. The van der Waals surface area contributed by atoms with E-state index in [-0.39, 0.29) is 35.1 Å². The molecule has 2 aliphatic rings. The normalized spacial score (nSPS) is 25.3. The Morgan fingerprint density at radius 2 is 1.79 bits per heavy atom. The third kappa shape index (κ3) is 2.83. The summed E-state index contributed by atoms with van der Waals surface area (Å²) in [4.78, 5) is 33.3. The molecule has 5 heteroatoms. The highest BCUT2D eigenvalue weighted by Gasteiger charge is 2.49. The zero-order chi connectivity index (χ0) is 19.1. The summed E-state index contributed by atoms with van der Waals surface area (Å²) in [6, 6.07) is 17.2. The maximum absolute atomic E-state index is 13.1. The van der Waals surface area contributed by atoms with Gasteiger partial charge in [0, 0.05) is 12.5 Å². The summed E-state index contributed by atoms with van der Waals surface area (Å²) in [5.74, 6) is 0.789. The predicted octanol–water partition coefficient (Wildman–Crippen LogP) is 3.15. The summed E-state index contributed by atoms with van der Waals surface area (Å²) in [5, 5.41) is 3.66. The van der Waals surface area contributed by atoms with E-state index >= 15 is 0 Å². The molecule has 5 nitrogen and oxygen atoms in total. The fraction of sp³-hybridized carbons (Fsp3) is 0.261. The smallest absolute Gasteiger partial charge is 0.258 e. The van der Waals surface area contributed by atoms with Crippen molar-refractivity contribution in [1.29, 1.82) is 0 Å². The van der Waals surface area contributed by atoms with Crippen LogP contribution in [0, 0.1) is 17.8 Å². The molecule has 2 aromatic carbocycles. The monoisotopic (exact) mass is 371 g/mol. The molecule has 3 aromatic rings. The van der Waals surface area contributed by atoms with E-state index < -0.39 is 0 Å². The Labute approximate surface area is 162 Å². The molecule has 5 rings (SSSR count). The SMILES string of the molecule is O=C(NCc1ccccc1)[C@@H]1[C@@H](c2nc3ccccc3c(=O)[nH]2)[C@H]2C=C[C@H]1C2. The third-order valence-corrected chi connectivity index (χ3v) is 6.02. The second-order valence-electron chi connectivity index (χ2n) is 7.67. The van der Waals surface area contributed by atoms with E-state index in [9.17, 15) is 9.59 Å². The number of rotatable bonds is 4. The first-order valence-electron chi connectivity index (χ1n) is 9.69. The molecule has 4 atom stereocenters. The van der Waals surface area contributed by atoms with Crippen LogP contribution in [0.2, 0.25) is 0 Å². The molecule has 0 saturated heterocycles. The van der Waals surface area contributed by atoms with Crippen LogP contribution in [0.3, 0.4) is 0 Å². The van der Waals surface area contributed by atoms with Crippen molar-refractivity contribution in [3.05, 3.63) is 88.5 Å². The zero-order valence-electron chi connectivity index (χ0n) is 15.3. The topological polar surface area (TPSA) is 74.8 Å². The summed E-state index contributed by atoms with van der Waals surface area (Å²) in [6.45, 7) is 0.506. The van der Waals surface area contributed by atoms with Gasteiger partial charge in [-0.2, -0.15) is 0 Å². The van der Waals surface area contributed by atoms with E-state index in [1.807, 2.05) is 48.5 Å². The Kier molecular flexibility index (Phi) is 4.08. The van der Waals surface area contributed by atoms with E-state index in [0.29, 0.717) is 23.3 Å². The largest absolute Gasteiger partial charge is 0.352 e. The van der Waals surface area contributed by atoms with Crippen LogP contribution in [0.5, 0.6) is 0 Å². The molecule has 0 unspecified atom stereocenters. The molecule has 28 heavy (non-hydrogen) atoms. The van der Waals surface area contributed by atoms with Crippen molar-refractivity contribution in [3.63, 3.8) is 0 Å². The zero-order valence-corrected chi connectivity index (χ0v) is 15.3. The molecule has 140 valence electrons. The number of H-pyrrole nitrogens is 1. The number of amides is 1. The van der Waals surface area contributed by atoms with E-state index in [0.717, 1.165) is 12.0 Å². The lowest BCUT2D eigenvalue weighted by Gasteiger charge is -2.26. The van der Waals surface area contributed by atoms with Crippen molar-refractivity contribution in [1.82, 2.24) is 15.3 Å². The Hall–Kier alpha value is -3.21. The van der Waals surface area contributed by atoms with Crippen LogP contribution in [0.4, 0.5) is 0 Å². The minimum absolute atomic E-state index is 0.0292. The van der Waals surface area contributed by atoms with E-state index in [1.165, 1.54) is 0 Å².